The van der Waals surface area contributed by atoms with Crippen LogP contribution in [0.25, 0.3) is 0 Å². The fraction of sp³-hybridized carbons (Fsp3) is 0.667. The Kier molecular flexibility index (Phi) is 5.55. The van der Waals surface area contributed by atoms with Gasteiger partial charge in [0.2, 0.25) is 5.95 Å². The third kappa shape index (κ3) is 4.22. The Labute approximate surface area is 116 Å². The SMILES string of the molecule is CCC(C)CN(CC)c1cc(C(F)(F)F)nc(NN)n1. The molecule has 8 heteroatoms. The molecule has 0 saturated heterocycles. The van der Waals surface area contributed by atoms with Crippen molar-refractivity contribution < 1.29 is 13.2 Å². The first kappa shape index (κ1) is 16.5. The molecule has 0 fully saturated rings. The lowest BCUT2D eigenvalue weighted by Gasteiger charge is -2.25. The first-order valence-electron chi connectivity index (χ1n) is 6.49. The third-order valence-electron chi connectivity index (χ3n) is 3.07. The van der Waals surface area contributed by atoms with Crippen LogP contribution in [-0.2, 0) is 6.18 Å². The van der Waals surface area contributed by atoms with Crippen molar-refractivity contribution in [2.75, 3.05) is 23.4 Å². The lowest BCUT2D eigenvalue weighted by molar-refractivity contribution is -0.141. The molecule has 1 heterocycles. The molecular weight excluding hydrogens is 271 g/mol. The van der Waals surface area contributed by atoms with Crippen LogP contribution in [0.2, 0.25) is 0 Å². The number of aromatic nitrogens is 2. The van der Waals surface area contributed by atoms with Crippen LogP contribution in [0.5, 0.6) is 0 Å². The predicted octanol–water partition coefficient (Wildman–Crippen LogP) is 2.65. The third-order valence-corrected chi connectivity index (χ3v) is 3.07. The number of nitrogens with zero attached hydrogens (tertiary/aromatic N) is 3. The molecule has 1 aromatic heterocycles. The number of hydrazine groups is 1. The molecule has 0 aliphatic carbocycles. The van der Waals surface area contributed by atoms with Crippen LogP contribution in [0.3, 0.4) is 0 Å². The molecule has 3 N–H and O–H groups in total. The number of nitrogen functional groups attached to an aromatic ring is 1. The highest BCUT2D eigenvalue weighted by atomic mass is 19.4. The van der Waals surface area contributed by atoms with Crippen molar-refractivity contribution in [3.8, 4) is 0 Å². The molecule has 0 saturated carbocycles. The number of hydrogen-bond donors (Lipinski definition) is 2. The molecule has 0 aliphatic heterocycles. The molecule has 1 aromatic rings. The molecule has 0 aromatic carbocycles. The zero-order valence-corrected chi connectivity index (χ0v) is 11.8. The lowest BCUT2D eigenvalue weighted by atomic mass is 10.1. The monoisotopic (exact) mass is 291 g/mol. The van der Waals surface area contributed by atoms with Crippen molar-refractivity contribution in [3.63, 3.8) is 0 Å². The minimum atomic E-state index is -4.53. The fourth-order valence-corrected chi connectivity index (χ4v) is 1.70. The molecule has 20 heavy (non-hydrogen) atoms. The summed E-state index contributed by atoms with van der Waals surface area (Å²) >= 11 is 0. The maximum absolute atomic E-state index is 12.8. The van der Waals surface area contributed by atoms with Gasteiger partial charge in [-0.05, 0) is 12.8 Å². The minimum absolute atomic E-state index is 0.225. The second kappa shape index (κ2) is 6.74. The number of alkyl halides is 3. The van der Waals surface area contributed by atoms with Crippen molar-refractivity contribution >= 4 is 11.8 Å². The van der Waals surface area contributed by atoms with Crippen LogP contribution in [0.15, 0.2) is 6.07 Å². The van der Waals surface area contributed by atoms with E-state index in [-0.39, 0.29) is 11.8 Å². The van der Waals surface area contributed by atoms with Crippen LogP contribution in [0.1, 0.15) is 32.9 Å². The molecule has 0 spiro atoms. The van der Waals surface area contributed by atoms with Gasteiger partial charge in [0, 0.05) is 19.2 Å². The molecule has 0 bridgehead atoms. The lowest BCUT2D eigenvalue weighted by Crippen LogP contribution is -2.30. The maximum Gasteiger partial charge on any atom is 0.433 e. The minimum Gasteiger partial charge on any atom is -0.356 e. The van der Waals surface area contributed by atoms with Crippen molar-refractivity contribution in [2.24, 2.45) is 11.8 Å². The predicted molar refractivity (Wildman–Crippen MR) is 72.2 cm³/mol. The molecule has 1 rings (SSSR count). The van der Waals surface area contributed by atoms with Crippen LogP contribution in [0, 0.1) is 5.92 Å². The van der Waals surface area contributed by atoms with Crippen molar-refractivity contribution in [1.29, 1.82) is 0 Å². The van der Waals surface area contributed by atoms with E-state index in [1.165, 1.54) is 0 Å². The highest BCUT2D eigenvalue weighted by Crippen LogP contribution is 2.30. The van der Waals surface area contributed by atoms with E-state index >= 15 is 0 Å². The summed E-state index contributed by atoms with van der Waals surface area (Å²) in [6, 6.07) is 0.951. The van der Waals surface area contributed by atoms with Crippen LogP contribution >= 0.6 is 0 Å². The van der Waals surface area contributed by atoms with Gasteiger partial charge in [-0.3, -0.25) is 5.43 Å². The van der Waals surface area contributed by atoms with Crippen molar-refractivity contribution in [3.05, 3.63) is 11.8 Å². The summed E-state index contributed by atoms with van der Waals surface area (Å²) in [6.45, 7) is 7.13. The van der Waals surface area contributed by atoms with E-state index in [0.717, 1.165) is 12.5 Å². The van der Waals surface area contributed by atoms with Gasteiger partial charge in [-0.25, -0.2) is 10.8 Å². The van der Waals surface area contributed by atoms with Gasteiger partial charge in [-0.2, -0.15) is 18.2 Å². The molecule has 114 valence electrons. The highest BCUT2D eigenvalue weighted by molar-refractivity contribution is 5.45. The van der Waals surface area contributed by atoms with Gasteiger partial charge in [0.1, 0.15) is 5.82 Å². The average Bonchev–Trinajstić information content (AvgIpc) is 2.42. The van der Waals surface area contributed by atoms with Crippen LogP contribution < -0.4 is 16.2 Å². The average molecular weight is 291 g/mol. The number of anilines is 2. The molecular formula is C12H20F3N5. The van der Waals surface area contributed by atoms with Gasteiger partial charge < -0.3 is 4.90 Å². The summed E-state index contributed by atoms with van der Waals surface area (Å²) in [7, 11) is 0. The van der Waals surface area contributed by atoms with E-state index < -0.39 is 11.9 Å². The standard InChI is InChI=1S/C12H20F3N5/c1-4-8(3)7-20(5-2)10-6-9(12(13,14)15)17-11(18-10)19-16/h6,8H,4-5,7,16H2,1-3H3,(H,17,18,19). The van der Waals surface area contributed by atoms with Gasteiger partial charge in [0.05, 0.1) is 0 Å². The van der Waals surface area contributed by atoms with Gasteiger partial charge in [0.25, 0.3) is 0 Å². The van der Waals surface area contributed by atoms with E-state index in [9.17, 15) is 13.2 Å². The second-order valence-corrected chi connectivity index (χ2v) is 4.63. The normalized spacial score (nSPS) is 13.2. The van der Waals surface area contributed by atoms with Gasteiger partial charge in [-0.15, -0.1) is 0 Å². The topological polar surface area (TPSA) is 67.1 Å². The zero-order chi connectivity index (χ0) is 15.3. The Bertz CT molecular complexity index is 436. The summed E-state index contributed by atoms with van der Waals surface area (Å²) in [5.74, 6) is 5.48. The molecule has 1 atom stereocenters. The van der Waals surface area contributed by atoms with E-state index in [2.05, 4.69) is 15.4 Å². The first-order chi connectivity index (χ1) is 9.31. The Hall–Kier alpha value is -1.57. The van der Waals surface area contributed by atoms with Crippen LogP contribution in [0.4, 0.5) is 24.9 Å². The largest absolute Gasteiger partial charge is 0.433 e. The Morgan fingerprint density at radius 1 is 1.35 bits per heavy atom. The van der Waals surface area contributed by atoms with Gasteiger partial charge in [0.15, 0.2) is 5.69 Å². The number of rotatable bonds is 6. The summed E-state index contributed by atoms with van der Waals surface area (Å²) in [4.78, 5) is 9.13. The highest BCUT2D eigenvalue weighted by Gasteiger charge is 2.34. The van der Waals surface area contributed by atoms with E-state index in [1.54, 1.807) is 4.90 Å². The fourth-order valence-electron chi connectivity index (χ4n) is 1.70. The summed E-state index contributed by atoms with van der Waals surface area (Å²) < 4.78 is 38.4. The van der Waals surface area contributed by atoms with Crippen molar-refractivity contribution in [1.82, 2.24) is 9.97 Å². The van der Waals surface area contributed by atoms with Crippen LogP contribution in [-0.4, -0.2) is 23.1 Å². The van der Waals surface area contributed by atoms with E-state index in [4.69, 9.17) is 5.84 Å². The molecule has 0 radical (unpaired) electrons. The molecule has 1 unspecified atom stereocenters. The Morgan fingerprint density at radius 2 is 2.00 bits per heavy atom. The van der Waals surface area contributed by atoms with E-state index in [0.29, 0.717) is 19.0 Å². The number of nitrogens with one attached hydrogen (secondary N) is 1. The van der Waals surface area contributed by atoms with Crippen molar-refractivity contribution in [2.45, 2.75) is 33.4 Å². The summed E-state index contributed by atoms with van der Waals surface area (Å²) in [5.41, 5.74) is 1.08. The Balaban J connectivity index is 3.14. The number of nitrogens with two attached hydrogens (primary N) is 1. The van der Waals surface area contributed by atoms with Gasteiger partial charge >= 0.3 is 6.18 Å². The zero-order valence-electron chi connectivity index (χ0n) is 11.8. The molecule has 5 nitrogen and oxygen atoms in total. The smallest absolute Gasteiger partial charge is 0.356 e. The van der Waals surface area contributed by atoms with Gasteiger partial charge in [-0.1, -0.05) is 20.3 Å². The molecule has 0 amide bonds. The first-order valence-corrected chi connectivity index (χ1v) is 6.49. The maximum atomic E-state index is 12.8. The Morgan fingerprint density at radius 3 is 2.45 bits per heavy atom. The number of halogens is 3. The quantitative estimate of drug-likeness (QED) is 0.623. The van der Waals surface area contributed by atoms with E-state index in [1.807, 2.05) is 20.8 Å². The number of hydrogen-bond acceptors (Lipinski definition) is 5. The second-order valence-electron chi connectivity index (χ2n) is 4.63. The summed E-state index contributed by atoms with van der Waals surface area (Å²) in [5, 5.41) is 0. The molecule has 0 aliphatic rings. The summed E-state index contributed by atoms with van der Waals surface area (Å²) in [6.07, 6.45) is -3.59.